The van der Waals surface area contributed by atoms with Crippen molar-refractivity contribution in [2.45, 2.75) is 0 Å². The third-order valence-corrected chi connectivity index (χ3v) is 3.94. The lowest BCUT2D eigenvalue weighted by molar-refractivity contribution is 1.32. The summed E-state index contributed by atoms with van der Waals surface area (Å²) in [6.45, 7) is 0. The first-order chi connectivity index (χ1) is 10.8. The zero-order valence-corrected chi connectivity index (χ0v) is 13.5. The monoisotopic (exact) mass is 350 g/mol. The Morgan fingerprint density at radius 3 is 2.00 bits per heavy atom. The highest BCUT2D eigenvalue weighted by atomic mass is 79.9. The van der Waals surface area contributed by atoms with E-state index in [1.165, 1.54) is 0 Å². The van der Waals surface area contributed by atoms with Gasteiger partial charge in [-0.25, -0.2) is 0 Å². The lowest BCUT2D eigenvalue weighted by Gasteiger charge is -2.10. The quantitative estimate of drug-likeness (QED) is 0.500. The number of nitrogens with zero attached hydrogens (tertiary/aromatic N) is 1. The molecule has 22 heavy (non-hydrogen) atoms. The minimum absolute atomic E-state index is 0.900. The highest BCUT2D eigenvalue weighted by Crippen LogP contribution is 2.21. The zero-order valence-electron chi connectivity index (χ0n) is 11.9. The van der Waals surface area contributed by atoms with Crippen molar-refractivity contribution in [3.63, 3.8) is 0 Å². The third-order valence-electron chi connectivity index (χ3n) is 3.25. The van der Waals surface area contributed by atoms with Gasteiger partial charge in [-0.2, -0.15) is 5.10 Å². The number of hydrazone groups is 1. The van der Waals surface area contributed by atoms with E-state index in [1.54, 1.807) is 0 Å². The van der Waals surface area contributed by atoms with Crippen molar-refractivity contribution in [2.24, 2.45) is 5.10 Å². The lowest BCUT2D eigenvalue weighted by atomic mass is 10.0. The van der Waals surface area contributed by atoms with E-state index in [0.717, 1.165) is 27.0 Å². The molecule has 0 saturated heterocycles. The fraction of sp³-hybridized carbons (Fsp3) is 0. The molecular formula is C19H15BrN2. The Morgan fingerprint density at radius 1 is 0.727 bits per heavy atom. The van der Waals surface area contributed by atoms with Crippen molar-refractivity contribution in [1.82, 2.24) is 0 Å². The Balaban J connectivity index is 2.02. The number of hydrogen-bond donors (Lipinski definition) is 1. The topological polar surface area (TPSA) is 24.4 Å². The first-order valence-corrected chi connectivity index (χ1v) is 7.83. The largest absolute Gasteiger partial charge is 0.278 e. The summed E-state index contributed by atoms with van der Waals surface area (Å²) in [6.07, 6.45) is 0. The average molecular weight is 351 g/mol. The first-order valence-electron chi connectivity index (χ1n) is 7.03. The summed E-state index contributed by atoms with van der Waals surface area (Å²) in [5.74, 6) is 0. The van der Waals surface area contributed by atoms with Crippen molar-refractivity contribution in [3.8, 4) is 0 Å². The SMILES string of the molecule is Brc1ccccc1C(=NNc1ccccc1)c1ccccc1. The number of halogens is 1. The van der Waals surface area contributed by atoms with E-state index in [2.05, 4.69) is 44.7 Å². The second-order valence-corrected chi connectivity index (χ2v) is 5.64. The molecule has 3 aromatic carbocycles. The molecule has 108 valence electrons. The van der Waals surface area contributed by atoms with Crippen LogP contribution in [0.1, 0.15) is 11.1 Å². The molecule has 0 aromatic heterocycles. The van der Waals surface area contributed by atoms with Gasteiger partial charge in [0.05, 0.1) is 11.4 Å². The van der Waals surface area contributed by atoms with Crippen molar-refractivity contribution in [2.75, 3.05) is 5.43 Å². The summed E-state index contributed by atoms with van der Waals surface area (Å²) in [4.78, 5) is 0. The molecule has 0 aliphatic rings. The van der Waals surface area contributed by atoms with Crippen LogP contribution in [-0.2, 0) is 0 Å². The maximum atomic E-state index is 4.63. The van der Waals surface area contributed by atoms with Gasteiger partial charge < -0.3 is 0 Å². The van der Waals surface area contributed by atoms with Gasteiger partial charge in [0.15, 0.2) is 0 Å². The molecule has 3 heteroatoms. The summed E-state index contributed by atoms with van der Waals surface area (Å²) >= 11 is 3.61. The van der Waals surface area contributed by atoms with Crippen LogP contribution in [0.25, 0.3) is 0 Å². The van der Waals surface area contributed by atoms with E-state index >= 15 is 0 Å². The number of hydrogen-bond acceptors (Lipinski definition) is 2. The molecule has 0 spiro atoms. The second kappa shape index (κ2) is 7.05. The van der Waals surface area contributed by atoms with Gasteiger partial charge in [-0.15, -0.1) is 0 Å². The zero-order chi connectivity index (χ0) is 15.2. The highest BCUT2D eigenvalue weighted by molar-refractivity contribution is 9.10. The highest BCUT2D eigenvalue weighted by Gasteiger charge is 2.10. The number of para-hydroxylation sites is 1. The van der Waals surface area contributed by atoms with E-state index in [9.17, 15) is 0 Å². The van der Waals surface area contributed by atoms with E-state index < -0.39 is 0 Å². The van der Waals surface area contributed by atoms with Crippen LogP contribution in [-0.4, -0.2) is 5.71 Å². The van der Waals surface area contributed by atoms with E-state index in [4.69, 9.17) is 0 Å². The second-order valence-electron chi connectivity index (χ2n) is 4.78. The molecule has 2 nitrogen and oxygen atoms in total. The van der Waals surface area contributed by atoms with Gasteiger partial charge in [0.2, 0.25) is 0 Å². The fourth-order valence-electron chi connectivity index (χ4n) is 2.16. The molecule has 0 heterocycles. The van der Waals surface area contributed by atoms with Crippen molar-refractivity contribution >= 4 is 27.3 Å². The van der Waals surface area contributed by atoms with E-state index in [-0.39, 0.29) is 0 Å². The normalized spacial score (nSPS) is 11.2. The lowest BCUT2D eigenvalue weighted by Crippen LogP contribution is -2.07. The summed E-state index contributed by atoms with van der Waals surface area (Å²) in [5, 5.41) is 4.63. The van der Waals surface area contributed by atoms with Gasteiger partial charge in [-0.1, -0.05) is 82.7 Å². The fourth-order valence-corrected chi connectivity index (χ4v) is 2.64. The molecule has 1 N–H and O–H groups in total. The van der Waals surface area contributed by atoms with Crippen molar-refractivity contribution < 1.29 is 0 Å². The molecular weight excluding hydrogens is 336 g/mol. The van der Waals surface area contributed by atoms with Crippen LogP contribution in [0.3, 0.4) is 0 Å². The van der Waals surface area contributed by atoms with Crippen LogP contribution in [0.5, 0.6) is 0 Å². The molecule has 0 aliphatic heterocycles. The standard InChI is InChI=1S/C19H15BrN2/c20-18-14-8-7-13-17(18)19(15-9-3-1-4-10-15)22-21-16-11-5-2-6-12-16/h1-14,21H. The summed E-state index contributed by atoms with van der Waals surface area (Å²) in [5.41, 5.74) is 7.12. The molecule has 0 saturated carbocycles. The predicted octanol–water partition coefficient (Wildman–Crippen LogP) is 5.31. The van der Waals surface area contributed by atoms with Gasteiger partial charge in [0.25, 0.3) is 0 Å². The Kier molecular flexibility index (Phi) is 4.66. The van der Waals surface area contributed by atoms with Gasteiger partial charge in [-0.05, 0) is 18.2 Å². The first kappa shape index (κ1) is 14.5. The van der Waals surface area contributed by atoms with Crippen molar-refractivity contribution in [1.29, 1.82) is 0 Å². The maximum absolute atomic E-state index is 4.63. The van der Waals surface area contributed by atoms with Crippen LogP contribution >= 0.6 is 15.9 Å². The van der Waals surface area contributed by atoms with Crippen LogP contribution in [0.15, 0.2) is 94.5 Å². The number of benzene rings is 3. The van der Waals surface area contributed by atoms with Gasteiger partial charge >= 0.3 is 0 Å². The number of anilines is 1. The molecule has 0 amide bonds. The summed E-state index contributed by atoms with van der Waals surface area (Å²) in [7, 11) is 0. The molecule has 0 radical (unpaired) electrons. The Labute approximate surface area is 138 Å². The molecule has 0 unspecified atom stereocenters. The molecule has 0 bridgehead atoms. The number of rotatable bonds is 4. The predicted molar refractivity (Wildman–Crippen MR) is 96.3 cm³/mol. The molecule has 0 atom stereocenters. The molecule has 3 rings (SSSR count). The molecule has 3 aromatic rings. The van der Waals surface area contributed by atoms with Crippen LogP contribution < -0.4 is 5.43 Å². The van der Waals surface area contributed by atoms with Crippen LogP contribution in [0, 0.1) is 0 Å². The third kappa shape index (κ3) is 3.43. The van der Waals surface area contributed by atoms with E-state index in [1.807, 2.05) is 66.7 Å². The van der Waals surface area contributed by atoms with Crippen molar-refractivity contribution in [3.05, 3.63) is 101 Å². The number of nitrogens with one attached hydrogen (secondary N) is 1. The van der Waals surface area contributed by atoms with Crippen LogP contribution in [0.4, 0.5) is 5.69 Å². The molecule has 0 fully saturated rings. The smallest absolute Gasteiger partial charge is 0.0989 e. The molecule has 0 aliphatic carbocycles. The minimum Gasteiger partial charge on any atom is -0.278 e. The summed E-state index contributed by atoms with van der Waals surface area (Å²) in [6, 6.07) is 28.2. The maximum Gasteiger partial charge on any atom is 0.0989 e. The average Bonchev–Trinajstić information content (AvgIpc) is 2.58. The Hall–Kier alpha value is -2.39. The van der Waals surface area contributed by atoms with Crippen LogP contribution in [0.2, 0.25) is 0 Å². The minimum atomic E-state index is 0.900. The van der Waals surface area contributed by atoms with Gasteiger partial charge in [0, 0.05) is 15.6 Å². The van der Waals surface area contributed by atoms with Gasteiger partial charge in [-0.3, -0.25) is 5.43 Å². The van der Waals surface area contributed by atoms with Gasteiger partial charge in [0.1, 0.15) is 0 Å². The van der Waals surface area contributed by atoms with E-state index in [0.29, 0.717) is 0 Å². The Bertz CT molecular complexity index is 768. The Morgan fingerprint density at radius 2 is 1.32 bits per heavy atom. The summed E-state index contributed by atoms with van der Waals surface area (Å²) < 4.78 is 1.02.